The van der Waals surface area contributed by atoms with Crippen LogP contribution >= 0.6 is 31.0 Å². The predicted octanol–water partition coefficient (Wildman–Crippen LogP) is 1.67. The van der Waals surface area contributed by atoms with Gasteiger partial charge in [-0.2, -0.15) is 0 Å². The normalized spacial score (nSPS) is 11.6. The van der Waals surface area contributed by atoms with Crippen molar-refractivity contribution >= 4 is 42.7 Å². The van der Waals surface area contributed by atoms with Crippen molar-refractivity contribution in [2.45, 2.75) is 6.42 Å². The fourth-order valence-electron chi connectivity index (χ4n) is 1.70. The van der Waals surface area contributed by atoms with Crippen LogP contribution in [0.1, 0.15) is 5.56 Å². The van der Waals surface area contributed by atoms with Gasteiger partial charge in [0.25, 0.3) is 0 Å². The van der Waals surface area contributed by atoms with Crippen LogP contribution in [0.25, 0.3) is 0 Å². The predicted molar refractivity (Wildman–Crippen MR) is 88.4 cm³/mol. The van der Waals surface area contributed by atoms with Gasteiger partial charge in [0, 0.05) is 0 Å². The number of hydrogen-bond donors (Lipinski definition) is 4. The third-order valence-corrected chi connectivity index (χ3v) is 2.99. The molecule has 0 aliphatic heterocycles. The maximum atomic E-state index is 12.5. The number of aliphatic carboxylic acids is 1. The number of nitrogens with zero attached hydrogens (tertiary/aromatic N) is 1. The highest BCUT2D eigenvalue weighted by molar-refractivity contribution is 7.45. The summed E-state index contributed by atoms with van der Waals surface area (Å²) in [6, 6.07) is 6.59. The van der Waals surface area contributed by atoms with Gasteiger partial charge in [0.05, 0.1) is 31.3 Å². The summed E-state index contributed by atoms with van der Waals surface area (Å²) >= 11 is 11.3. The molecule has 0 aromatic heterocycles. The van der Waals surface area contributed by atoms with Gasteiger partial charge in [-0.15, -0.1) is 23.2 Å². The van der Waals surface area contributed by atoms with E-state index in [4.69, 9.17) is 47.6 Å². The van der Waals surface area contributed by atoms with Gasteiger partial charge < -0.3 is 29.6 Å². The van der Waals surface area contributed by atoms with Crippen molar-refractivity contribution < 1.29 is 29.1 Å². The average Bonchev–Trinajstić information content (AvgIpc) is 2.37. The topological polar surface area (TPSA) is 138 Å². The summed E-state index contributed by atoms with van der Waals surface area (Å²) in [4.78, 5) is 32.1. The van der Waals surface area contributed by atoms with Crippen LogP contribution in [0, 0.1) is 5.21 Å². The Balaban J connectivity index is 0.000000841. The number of quaternary nitrogens is 1. The third kappa shape index (κ3) is 10.6. The molecule has 4 N–H and O–H groups in total. The lowest BCUT2D eigenvalue weighted by atomic mass is 10.1. The highest BCUT2D eigenvalue weighted by Gasteiger charge is 2.19. The number of carboxylic acids is 1. The first-order valence-corrected chi connectivity index (χ1v) is 8.95. The molecule has 0 unspecified atom stereocenters. The summed E-state index contributed by atoms with van der Waals surface area (Å²) < 4.78 is 8.30. The highest BCUT2D eigenvalue weighted by Crippen LogP contribution is 2.26. The second-order valence-electron chi connectivity index (χ2n) is 4.46. The van der Waals surface area contributed by atoms with Crippen molar-refractivity contribution in [2.24, 2.45) is 0 Å². The molecule has 23 heavy (non-hydrogen) atoms. The van der Waals surface area contributed by atoms with Crippen molar-refractivity contribution in [1.29, 1.82) is 0 Å². The van der Waals surface area contributed by atoms with Crippen LogP contribution in [0.2, 0.25) is 0 Å². The highest BCUT2D eigenvalue weighted by atomic mass is 35.5. The standard InChI is InChI=1S/C12H15Cl2NO3.H3O4P/c13-5-7-15(18,8-6-14)11-3-1-10(2-4-11)9-12(16)17;1-5(2,3)4/h1-4H,5-9H2,(H,16,17);(H3,1,2,3,4). The van der Waals surface area contributed by atoms with Gasteiger partial charge in [-0.25, -0.2) is 4.57 Å². The zero-order valence-electron chi connectivity index (χ0n) is 12.0. The van der Waals surface area contributed by atoms with E-state index in [2.05, 4.69) is 0 Å². The molecule has 132 valence electrons. The largest absolute Gasteiger partial charge is 0.627 e. The smallest absolute Gasteiger partial charge is 0.466 e. The molecular weight excluding hydrogens is 372 g/mol. The van der Waals surface area contributed by atoms with Crippen molar-refractivity contribution in [1.82, 2.24) is 4.65 Å². The van der Waals surface area contributed by atoms with E-state index in [1.807, 2.05) is 0 Å². The maximum absolute atomic E-state index is 12.5. The number of hydroxylamine groups is 2. The van der Waals surface area contributed by atoms with Crippen molar-refractivity contribution in [3.63, 3.8) is 0 Å². The number of hydrogen-bond acceptors (Lipinski definition) is 3. The molecule has 1 aromatic rings. The minimum atomic E-state index is -4.64. The van der Waals surface area contributed by atoms with Crippen LogP contribution in [-0.4, -0.2) is 50.6 Å². The fraction of sp³-hybridized carbons (Fsp3) is 0.417. The van der Waals surface area contributed by atoms with E-state index >= 15 is 0 Å². The van der Waals surface area contributed by atoms with Gasteiger partial charge in [0.2, 0.25) is 0 Å². The molecule has 0 aliphatic carbocycles. The van der Waals surface area contributed by atoms with Crippen molar-refractivity contribution in [3.8, 4) is 0 Å². The SMILES string of the molecule is O=C(O)Cc1ccc([N+]([O-])(CCCl)CCCl)cc1.O=P(O)(O)O. The summed E-state index contributed by atoms with van der Waals surface area (Å²) in [5.41, 5.74) is 1.21. The third-order valence-electron chi connectivity index (χ3n) is 2.65. The van der Waals surface area contributed by atoms with Crippen molar-refractivity contribution in [3.05, 3.63) is 35.0 Å². The Bertz CT molecular complexity index is 520. The van der Waals surface area contributed by atoms with Gasteiger partial charge >= 0.3 is 13.8 Å². The second kappa shape index (κ2) is 10.2. The van der Waals surface area contributed by atoms with Crippen LogP contribution in [0.5, 0.6) is 0 Å². The number of phosphoric acid groups is 1. The number of halogens is 2. The Labute approximate surface area is 143 Å². The lowest BCUT2D eigenvalue weighted by Crippen LogP contribution is -2.46. The van der Waals surface area contributed by atoms with Gasteiger partial charge in [0.1, 0.15) is 5.69 Å². The van der Waals surface area contributed by atoms with Gasteiger partial charge in [-0.05, 0) is 17.7 Å². The molecule has 0 radical (unpaired) electrons. The molecule has 0 saturated carbocycles. The Morgan fingerprint density at radius 1 is 1.09 bits per heavy atom. The molecule has 0 fully saturated rings. The molecule has 11 heteroatoms. The first kappa shape index (κ1) is 22.3. The Morgan fingerprint density at radius 3 is 1.78 bits per heavy atom. The summed E-state index contributed by atoms with van der Waals surface area (Å²) in [5.74, 6) is -0.402. The van der Waals surface area contributed by atoms with Gasteiger partial charge in [-0.1, -0.05) is 12.1 Å². The number of carbonyl (C=O) groups is 1. The second-order valence-corrected chi connectivity index (χ2v) is 6.25. The van der Waals surface area contributed by atoms with Crippen LogP contribution in [-0.2, 0) is 15.8 Å². The molecule has 0 aliphatic rings. The zero-order chi connectivity index (χ0) is 18.1. The number of benzene rings is 1. The van der Waals surface area contributed by atoms with Crippen LogP contribution in [0.3, 0.4) is 0 Å². The van der Waals surface area contributed by atoms with Crippen molar-refractivity contribution in [2.75, 3.05) is 24.8 Å². The molecule has 0 spiro atoms. The average molecular weight is 390 g/mol. The lowest BCUT2D eigenvalue weighted by Gasteiger charge is -2.41. The van der Waals surface area contributed by atoms with Crippen LogP contribution in [0.15, 0.2) is 24.3 Å². The monoisotopic (exact) mass is 389 g/mol. The first-order valence-electron chi connectivity index (χ1n) is 6.31. The maximum Gasteiger partial charge on any atom is 0.466 e. The quantitative estimate of drug-likeness (QED) is 0.240. The molecule has 1 aromatic carbocycles. The van der Waals surface area contributed by atoms with E-state index in [0.717, 1.165) is 0 Å². The molecule has 8 nitrogen and oxygen atoms in total. The van der Waals surface area contributed by atoms with E-state index in [1.54, 1.807) is 24.3 Å². The van der Waals surface area contributed by atoms with E-state index in [1.165, 1.54) is 0 Å². The number of alkyl halides is 2. The minimum Gasteiger partial charge on any atom is -0.627 e. The molecular formula is C12H18Cl2NO7P. The summed E-state index contributed by atoms with van der Waals surface area (Å²) in [6.07, 6.45) is -0.0514. The first-order chi connectivity index (χ1) is 10.5. The molecule has 1 rings (SSSR count). The van der Waals surface area contributed by atoms with Gasteiger partial charge in [-0.3, -0.25) is 4.79 Å². The molecule has 0 atom stereocenters. The van der Waals surface area contributed by atoms with Crippen LogP contribution in [0.4, 0.5) is 5.69 Å². The van der Waals surface area contributed by atoms with E-state index < -0.39 is 18.4 Å². The van der Waals surface area contributed by atoms with E-state index in [-0.39, 0.29) is 31.3 Å². The minimum absolute atomic E-state index is 0.0514. The summed E-state index contributed by atoms with van der Waals surface area (Å²) in [6.45, 7) is 0.485. The molecule has 0 saturated heterocycles. The molecule has 0 bridgehead atoms. The lowest BCUT2D eigenvalue weighted by molar-refractivity contribution is -0.136. The van der Waals surface area contributed by atoms with Gasteiger partial charge in [0.15, 0.2) is 0 Å². The van der Waals surface area contributed by atoms with E-state index in [0.29, 0.717) is 11.3 Å². The zero-order valence-corrected chi connectivity index (χ0v) is 14.4. The Hall–Kier alpha value is -0.700. The Kier molecular flexibility index (Phi) is 9.91. The Morgan fingerprint density at radius 2 is 1.48 bits per heavy atom. The molecule has 0 amide bonds. The van der Waals surface area contributed by atoms with E-state index in [9.17, 15) is 10.0 Å². The fourth-order valence-corrected chi connectivity index (χ4v) is 2.25. The summed E-state index contributed by atoms with van der Waals surface area (Å²) in [5, 5.41) is 21.2. The number of rotatable bonds is 7. The summed E-state index contributed by atoms with van der Waals surface area (Å²) in [7, 11) is -4.64. The molecule has 0 heterocycles. The van der Waals surface area contributed by atoms with Crippen LogP contribution < -0.4 is 4.65 Å². The number of carboxylic acid groups (broad SMARTS) is 1.